The quantitative estimate of drug-likeness (QED) is 0.689. The number of hydrogen-bond acceptors (Lipinski definition) is 4. The van der Waals surface area contributed by atoms with E-state index in [0.717, 1.165) is 5.56 Å². The predicted molar refractivity (Wildman–Crippen MR) is 75.2 cm³/mol. The molecule has 0 fully saturated rings. The zero-order valence-corrected chi connectivity index (χ0v) is 11.5. The SMILES string of the molecule is NCc1ccc(Oc2cccc([N+](=O)[O-])c2Br)cc1. The van der Waals surface area contributed by atoms with Gasteiger partial charge in [-0.15, -0.1) is 0 Å². The summed E-state index contributed by atoms with van der Waals surface area (Å²) in [7, 11) is 0. The van der Waals surface area contributed by atoms with Crippen LogP contribution in [0.1, 0.15) is 5.56 Å². The highest BCUT2D eigenvalue weighted by Crippen LogP contribution is 2.36. The summed E-state index contributed by atoms with van der Waals surface area (Å²) in [5.41, 5.74) is 6.47. The van der Waals surface area contributed by atoms with Crippen LogP contribution in [0.15, 0.2) is 46.9 Å². The number of benzene rings is 2. The van der Waals surface area contributed by atoms with E-state index in [1.807, 2.05) is 12.1 Å². The second-order valence-corrected chi connectivity index (χ2v) is 4.59. The Labute approximate surface area is 118 Å². The molecular formula is C13H11BrN2O3. The van der Waals surface area contributed by atoms with Gasteiger partial charge in [0.25, 0.3) is 5.69 Å². The van der Waals surface area contributed by atoms with Crippen LogP contribution in [0.2, 0.25) is 0 Å². The first-order chi connectivity index (χ1) is 9.11. The maximum Gasteiger partial charge on any atom is 0.287 e. The highest BCUT2D eigenvalue weighted by molar-refractivity contribution is 9.10. The van der Waals surface area contributed by atoms with Crippen LogP contribution in [0.5, 0.6) is 11.5 Å². The molecule has 0 unspecified atom stereocenters. The van der Waals surface area contributed by atoms with Gasteiger partial charge in [-0.1, -0.05) is 18.2 Å². The fourth-order valence-corrected chi connectivity index (χ4v) is 2.03. The van der Waals surface area contributed by atoms with Gasteiger partial charge in [-0.25, -0.2) is 0 Å². The van der Waals surface area contributed by atoms with E-state index in [4.69, 9.17) is 10.5 Å². The number of halogens is 1. The lowest BCUT2D eigenvalue weighted by molar-refractivity contribution is -0.385. The van der Waals surface area contributed by atoms with Gasteiger partial charge in [0, 0.05) is 12.6 Å². The predicted octanol–water partition coefficient (Wildman–Crippen LogP) is 3.61. The molecule has 0 saturated carbocycles. The van der Waals surface area contributed by atoms with E-state index in [0.29, 0.717) is 22.5 Å². The number of rotatable bonds is 4. The minimum Gasteiger partial charge on any atom is -0.456 e. The van der Waals surface area contributed by atoms with E-state index in [9.17, 15) is 10.1 Å². The molecule has 0 atom stereocenters. The minimum absolute atomic E-state index is 0.0314. The van der Waals surface area contributed by atoms with Gasteiger partial charge < -0.3 is 10.5 Å². The normalized spacial score (nSPS) is 10.2. The third-order valence-corrected chi connectivity index (χ3v) is 3.32. The number of nitrogens with two attached hydrogens (primary N) is 1. The largest absolute Gasteiger partial charge is 0.456 e. The van der Waals surface area contributed by atoms with Crippen LogP contribution in [0.3, 0.4) is 0 Å². The third-order valence-electron chi connectivity index (χ3n) is 2.53. The highest BCUT2D eigenvalue weighted by Gasteiger charge is 2.16. The smallest absolute Gasteiger partial charge is 0.287 e. The van der Waals surface area contributed by atoms with Gasteiger partial charge in [0.05, 0.1) is 4.92 Å². The fourth-order valence-electron chi connectivity index (χ4n) is 1.54. The van der Waals surface area contributed by atoms with Crippen molar-refractivity contribution in [2.45, 2.75) is 6.54 Å². The lowest BCUT2D eigenvalue weighted by Crippen LogP contribution is -1.96. The molecule has 2 aromatic rings. The van der Waals surface area contributed by atoms with Crippen molar-refractivity contribution in [2.24, 2.45) is 5.73 Å². The van der Waals surface area contributed by atoms with E-state index in [2.05, 4.69) is 15.9 Å². The molecule has 0 aromatic heterocycles. The summed E-state index contributed by atoms with van der Waals surface area (Å²) in [4.78, 5) is 10.4. The van der Waals surface area contributed by atoms with Crippen LogP contribution >= 0.6 is 15.9 Å². The van der Waals surface area contributed by atoms with Crippen molar-refractivity contribution in [3.05, 3.63) is 62.6 Å². The molecule has 0 bridgehead atoms. The average molecular weight is 323 g/mol. The maximum absolute atomic E-state index is 10.8. The topological polar surface area (TPSA) is 78.4 Å². The first kappa shape index (κ1) is 13.5. The Hall–Kier alpha value is -1.92. The number of nitro groups is 1. The monoisotopic (exact) mass is 322 g/mol. The Bertz CT molecular complexity index is 599. The standard InChI is InChI=1S/C13H11BrN2O3/c14-13-11(16(17)18)2-1-3-12(13)19-10-6-4-9(8-15)5-7-10/h1-7H,8,15H2. The average Bonchev–Trinajstić information content (AvgIpc) is 2.41. The summed E-state index contributed by atoms with van der Waals surface area (Å²) >= 11 is 3.18. The lowest BCUT2D eigenvalue weighted by Gasteiger charge is -2.08. The van der Waals surface area contributed by atoms with Crippen LogP contribution < -0.4 is 10.5 Å². The van der Waals surface area contributed by atoms with Crippen molar-refractivity contribution < 1.29 is 9.66 Å². The summed E-state index contributed by atoms with van der Waals surface area (Å²) in [5, 5.41) is 10.8. The van der Waals surface area contributed by atoms with Gasteiger partial charge >= 0.3 is 0 Å². The Morgan fingerprint density at radius 2 is 1.89 bits per heavy atom. The summed E-state index contributed by atoms with van der Waals surface area (Å²) < 4.78 is 5.93. The molecule has 0 saturated heterocycles. The number of ether oxygens (including phenoxy) is 1. The molecule has 0 radical (unpaired) electrons. The number of nitrogens with zero attached hydrogens (tertiary/aromatic N) is 1. The molecule has 6 heteroatoms. The molecule has 2 N–H and O–H groups in total. The highest BCUT2D eigenvalue weighted by atomic mass is 79.9. The zero-order chi connectivity index (χ0) is 13.8. The number of nitro benzene ring substituents is 1. The molecule has 98 valence electrons. The molecular weight excluding hydrogens is 312 g/mol. The van der Waals surface area contributed by atoms with Crippen LogP contribution in [-0.4, -0.2) is 4.92 Å². The van der Waals surface area contributed by atoms with E-state index >= 15 is 0 Å². The Balaban J connectivity index is 2.27. The molecule has 0 heterocycles. The molecule has 2 aromatic carbocycles. The van der Waals surface area contributed by atoms with Crippen molar-refractivity contribution in [2.75, 3.05) is 0 Å². The van der Waals surface area contributed by atoms with Crippen LogP contribution in [0, 0.1) is 10.1 Å². The first-order valence-electron chi connectivity index (χ1n) is 5.51. The Morgan fingerprint density at radius 3 is 2.47 bits per heavy atom. The van der Waals surface area contributed by atoms with Gasteiger partial charge in [0.15, 0.2) is 0 Å². The summed E-state index contributed by atoms with van der Waals surface area (Å²) in [6.07, 6.45) is 0. The summed E-state index contributed by atoms with van der Waals surface area (Å²) in [6.45, 7) is 0.459. The van der Waals surface area contributed by atoms with E-state index in [1.165, 1.54) is 6.07 Å². The summed E-state index contributed by atoms with van der Waals surface area (Å²) in [6, 6.07) is 11.9. The number of hydrogen-bond donors (Lipinski definition) is 1. The Kier molecular flexibility index (Phi) is 4.13. The summed E-state index contributed by atoms with van der Waals surface area (Å²) in [5.74, 6) is 0.994. The van der Waals surface area contributed by atoms with Crippen molar-refractivity contribution in [1.82, 2.24) is 0 Å². The molecule has 5 nitrogen and oxygen atoms in total. The third kappa shape index (κ3) is 3.10. The second kappa shape index (κ2) is 5.81. The van der Waals surface area contributed by atoms with Crippen LogP contribution in [0.25, 0.3) is 0 Å². The lowest BCUT2D eigenvalue weighted by atomic mass is 10.2. The van der Waals surface area contributed by atoms with Gasteiger partial charge in [-0.05, 0) is 39.7 Å². The minimum atomic E-state index is -0.464. The van der Waals surface area contributed by atoms with Crippen molar-refractivity contribution in [1.29, 1.82) is 0 Å². The molecule has 0 aliphatic heterocycles. The van der Waals surface area contributed by atoms with Gasteiger partial charge in [0.2, 0.25) is 0 Å². The van der Waals surface area contributed by atoms with Gasteiger partial charge in [0.1, 0.15) is 16.0 Å². The molecule has 0 aliphatic carbocycles. The van der Waals surface area contributed by atoms with Crippen molar-refractivity contribution in [3.63, 3.8) is 0 Å². The zero-order valence-electron chi connectivity index (χ0n) is 9.88. The second-order valence-electron chi connectivity index (χ2n) is 3.80. The van der Waals surface area contributed by atoms with Gasteiger partial charge in [-0.2, -0.15) is 0 Å². The molecule has 0 amide bonds. The maximum atomic E-state index is 10.8. The van der Waals surface area contributed by atoms with Crippen molar-refractivity contribution in [3.8, 4) is 11.5 Å². The van der Waals surface area contributed by atoms with E-state index < -0.39 is 4.92 Å². The first-order valence-corrected chi connectivity index (χ1v) is 6.31. The van der Waals surface area contributed by atoms with E-state index in [1.54, 1.807) is 24.3 Å². The fraction of sp³-hybridized carbons (Fsp3) is 0.0769. The van der Waals surface area contributed by atoms with Crippen LogP contribution in [-0.2, 0) is 6.54 Å². The van der Waals surface area contributed by atoms with Gasteiger partial charge in [-0.3, -0.25) is 10.1 Å². The molecule has 2 rings (SSSR count). The molecule has 19 heavy (non-hydrogen) atoms. The Morgan fingerprint density at radius 1 is 1.21 bits per heavy atom. The van der Waals surface area contributed by atoms with E-state index in [-0.39, 0.29) is 5.69 Å². The van der Waals surface area contributed by atoms with Crippen molar-refractivity contribution >= 4 is 21.6 Å². The molecule has 0 spiro atoms. The molecule has 0 aliphatic rings. The van der Waals surface area contributed by atoms with Crippen LogP contribution in [0.4, 0.5) is 5.69 Å².